The minimum atomic E-state index is -0.639. The number of hydrogen-bond acceptors (Lipinski definition) is 4. The molecule has 2 aromatic rings. The van der Waals surface area contributed by atoms with E-state index in [0.29, 0.717) is 23.8 Å². The van der Waals surface area contributed by atoms with Crippen molar-refractivity contribution < 1.29 is 13.9 Å². The predicted octanol–water partition coefficient (Wildman–Crippen LogP) is 2.16. The first-order valence-electron chi connectivity index (χ1n) is 4.80. The molecule has 2 heterocycles. The molecule has 0 aliphatic heterocycles. The molecule has 2 aromatic heterocycles. The maximum atomic E-state index is 9.92. The lowest BCUT2D eigenvalue weighted by molar-refractivity contribution is 0.172. The smallest absolute Gasteiger partial charge is 0.191 e. The molecule has 0 aromatic carbocycles. The van der Waals surface area contributed by atoms with Gasteiger partial charge in [-0.05, 0) is 18.6 Å². The van der Waals surface area contributed by atoms with Crippen molar-refractivity contribution in [3.63, 3.8) is 0 Å². The van der Waals surface area contributed by atoms with Crippen molar-refractivity contribution in [2.45, 2.75) is 26.4 Å². The largest absolute Gasteiger partial charge is 0.472 e. The van der Waals surface area contributed by atoms with Crippen molar-refractivity contribution in [3.8, 4) is 0 Å². The third-order valence-corrected chi connectivity index (χ3v) is 2.26. The van der Waals surface area contributed by atoms with Gasteiger partial charge in [0.15, 0.2) is 5.89 Å². The molecular formula is C11H13NO3. The highest BCUT2D eigenvalue weighted by molar-refractivity contribution is 5.15. The van der Waals surface area contributed by atoms with E-state index in [-0.39, 0.29) is 0 Å². The molecule has 15 heavy (non-hydrogen) atoms. The summed E-state index contributed by atoms with van der Waals surface area (Å²) in [5, 5.41) is 9.92. The first-order valence-corrected chi connectivity index (χ1v) is 4.80. The molecule has 2 rings (SSSR count). The van der Waals surface area contributed by atoms with E-state index >= 15 is 0 Å². The Labute approximate surface area is 87.6 Å². The minimum absolute atomic E-state index is 0.489. The zero-order valence-electron chi connectivity index (χ0n) is 8.73. The van der Waals surface area contributed by atoms with Crippen molar-refractivity contribution in [3.05, 3.63) is 41.5 Å². The average molecular weight is 207 g/mol. The number of furan rings is 1. The molecule has 0 aliphatic rings. The topological polar surface area (TPSA) is 59.4 Å². The Morgan fingerprint density at radius 2 is 2.27 bits per heavy atom. The summed E-state index contributed by atoms with van der Waals surface area (Å²) in [6, 6.07) is 1.82. The average Bonchev–Trinajstić information content (AvgIpc) is 2.75. The summed E-state index contributed by atoms with van der Waals surface area (Å²) >= 11 is 0. The second kappa shape index (κ2) is 3.90. The van der Waals surface area contributed by atoms with Gasteiger partial charge in [-0.2, -0.15) is 0 Å². The quantitative estimate of drug-likeness (QED) is 0.837. The molecule has 1 unspecified atom stereocenters. The number of aromatic nitrogens is 1. The second-order valence-electron chi connectivity index (χ2n) is 3.53. The normalized spacial score (nSPS) is 13.0. The van der Waals surface area contributed by atoms with Gasteiger partial charge in [-0.3, -0.25) is 0 Å². The van der Waals surface area contributed by atoms with Crippen LogP contribution in [0, 0.1) is 13.8 Å². The highest BCUT2D eigenvalue weighted by Crippen LogP contribution is 2.21. The van der Waals surface area contributed by atoms with Crippen molar-refractivity contribution in [2.75, 3.05) is 0 Å². The van der Waals surface area contributed by atoms with Gasteiger partial charge in [0.1, 0.15) is 17.6 Å². The summed E-state index contributed by atoms with van der Waals surface area (Å²) in [7, 11) is 0. The van der Waals surface area contributed by atoms with Gasteiger partial charge in [0, 0.05) is 13.3 Å². The van der Waals surface area contributed by atoms with E-state index in [1.165, 1.54) is 0 Å². The molecule has 0 bridgehead atoms. The SMILES string of the molecule is Cc1nc(C(O)Cc2ccoc2)c(C)o1. The first kappa shape index (κ1) is 9.98. The molecule has 0 amide bonds. The van der Waals surface area contributed by atoms with Gasteiger partial charge >= 0.3 is 0 Å². The third-order valence-electron chi connectivity index (χ3n) is 2.26. The Morgan fingerprint density at radius 3 is 2.80 bits per heavy atom. The van der Waals surface area contributed by atoms with Crippen LogP contribution >= 0.6 is 0 Å². The minimum Gasteiger partial charge on any atom is -0.472 e. The Balaban J connectivity index is 2.14. The van der Waals surface area contributed by atoms with Crippen molar-refractivity contribution in [1.29, 1.82) is 0 Å². The molecule has 1 atom stereocenters. The van der Waals surface area contributed by atoms with Gasteiger partial charge in [0.2, 0.25) is 0 Å². The maximum Gasteiger partial charge on any atom is 0.191 e. The fraction of sp³-hybridized carbons (Fsp3) is 0.364. The van der Waals surface area contributed by atoms with Crippen LogP contribution in [-0.4, -0.2) is 10.1 Å². The Bertz CT molecular complexity index is 431. The van der Waals surface area contributed by atoms with Gasteiger partial charge in [-0.15, -0.1) is 0 Å². The molecule has 0 saturated carbocycles. The summed E-state index contributed by atoms with van der Waals surface area (Å²) in [6.07, 6.45) is 3.05. The van der Waals surface area contributed by atoms with Crippen LogP contribution in [0.5, 0.6) is 0 Å². The van der Waals surface area contributed by atoms with Crippen molar-refractivity contribution in [2.24, 2.45) is 0 Å². The maximum absolute atomic E-state index is 9.92. The molecule has 80 valence electrons. The van der Waals surface area contributed by atoms with Crippen LogP contribution in [0.2, 0.25) is 0 Å². The van der Waals surface area contributed by atoms with Gasteiger partial charge in [-0.1, -0.05) is 0 Å². The van der Waals surface area contributed by atoms with Crippen molar-refractivity contribution in [1.82, 2.24) is 4.98 Å². The van der Waals surface area contributed by atoms with Crippen LogP contribution in [-0.2, 0) is 6.42 Å². The monoisotopic (exact) mass is 207 g/mol. The van der Waals surface area contributed by atoms with E-state index in [0.717, 1.165) is 5.56 Å². The molecule has 0 aliphatic carbocycles. The van der Waals surface area contributed by atoms with Crippen LogP contribution in [0.1, 0.15) is 29.0 Å². The fourth-order valence-electron chi connectivity index (χ4n) is 1.58. The van der Waals surface area contributed by atoms with E-state index in [2.05, 4.69) is 4.98 Å². The lowest BCUT2D eigenvalue weighted by atomic mass is 10.1. The van der Waals surface area contributed by atoms with Gasteiger partial charge < -0.3 is 13.9 Å². The summed E-state index contributed by atoms with van der Waals surface area (Å²) in [5.41, 5.74) is 1.55. The molecule has 0 radical (unpaired) electrons. The number of aryl methyl sites for hydroxylation is 2. The zero-order chi connectivity index (χ0) is 10.8. The van der Waals surface area contributed by atoms with Crippen LogP contribution < -0.4 is 0 Å². The molecular weight excluding hydrogens is 194 g/mol. The highest BCUT2D eigenvalue weighted by Gasteiger charge is 2.17. The number of oxazole rings is 1. The van der Waals surface area contributed by atoms with Crippen LogP contribution in [0.25, 0.3) is 0 Å². The Hall–Kier alpha value is -1.55. The molecule has 0 fully saturated rings. The summed E-state index contributed by atoms with van der Waals surface area (Å²) in [5.74, 6) is 1.25. The fourth-order valence-corrected chi connectivity index (χ4v) is 1.58. The van der Waals surface area contributed by atoms with E-state index in [4.69, 9.17) is 8.83 Å². The van der Waals surface area contributed by atoms with E-state index < -0.39 is 6.10 Å². The lowest BCUT2D eigenvalue weighted by Crippen LogP contribution is -2.03. The van der Waals surface area contributed by atoms with Gasteiger partial charge in [-0.25, -0.2) is 4.98 Å². The molecule has 4 heteroatoms. The number of aliphatic hydroxyl groups excluding tert-OH is 1. The molecule has 1 N–H and O–H groups in total. The third kappa shape index (κ3) is 2.10. The van der Waals surface area contributed by atoms with Gasteiger partial charge in [0.05, 0.1) is 12.5 Å². The Kier molecular flexibility index (Phi) is 2.60. The molecule has 0 saturated heterocycles. The van der Waals surface area contributed by atoms with Gasteiger partial charge in [0.25, 0.3) is 0 Å². The summed E-state index contributed by atoms with van der Waals surface area (Å²) in [6.45, 7) is 3.56. The standard InChI is InChI=1S/C11H13NO3/c1-7-11(12-8(2)15-7)10(13)5-9-3-4-14-6-9/h3-4,6,10,13H,5H2,1-2H3. The van der Waals surface area contributed by atoms with E-state index in [1.54, 1.807) is 26.4 Å². The predicted molar refractivity (Wildman–Crippen MR) is 53.3 cm³/mol. The molecule has 4 nitrogen and oxygen atoms in total. The number of aliphatic hydroxyl groups is 1. The number of hydrogen-bond donors (Lipinski definition) is 1. The number of rotatable bonds is 3. The Morgan fingerprint density at radius 1 is 1.47 bits per heavy atom. The summed E-state index contributed by atoms with van der Waals surface area (Å²) in [4.78, 5) is 4.14. The van der Waals surface area contributed by atoms with E-state index in [1.807, 2.05) is 6.07 Å². The van der Waals surface area contributed by atoms with Crippen LogP contribution in [0.3, 0.4) is 0 Å². The highest BCUT2D eigenvalue weighted by atomic mass is 16.4. The van der Waals surface area contributed by atoms with Crippen molar-refractivity contribution >= 4 is 0 Å². The van der Waals surface area contributed by atoms with E-state index in [9.17, 15) is 5.11 Å². The molecule has 0 spiro atoms. The summed E-state index contributed by atoms with van der Waals surface area (Å²) < 4.78 is 10.2. The first-order chi connectivity index (χ1) is 7.16. The van der Waals surface area contributed by atoms with Crippen LogP contribution in [0.4, 0.5) is 0 Å². The lowest BCUT2D eigenvalue weighted by Gasteiger charge is -2.05. The second-order valence-corrected chi connectivity index (χ2v) is 3.53. The zero-order valence-corrected chi connectivity index (χ0v) is 8.73. The van der Waals surface area contributed by atoms with Crippen LogP contribution in [0.15, 0.2) is 27.4 Å². The number of nitrogens with zero attached hydrogens (tertiary/aromatic N) is 1.